The molecule has 4 rings (SSSR count). The highest BCUT2D eigenvalue weighted by Crippen LogP contribution is 2.25. The summed E-state index contributed by atoms with van der Waals surface area (Å²) in [5, 5.41) is 0.794. The molecular weight excluding hydrogens is 481 g/mol. The van der Waals surface area contributed by atoms with Crippen LogP contribution in [0.4, 0.5) is 4.39 Å². The van der Waals surface area contributed by atoms with E-state index >= 15 is 0 Å². The monoisotopic (exact) mass is 515 g/mol. The lowest BCUT2D eigenvalue weighted by atomic mass is 9.95. The molecule has 2 fully saturated rings. The number of nitrogens with zero attached hydrogens (tertiary/aromatic N) is 3. The van der Waals surface area contributed by atoms with Crippen molar-refractivity contribution in [1.29, 1.82) is 0 Å². The summed E-state index contributed by atoms with van der Waals surface area (Å²) in [4.78, 5) is 20.8. The summed E-state index contributed by atoms with van der Waals surface area (Å²) in [7, 11) is 0. The maximum Gasteiger partial charge on any atom is 0.225 e. The second-order valence-corrected chi connectivity index (χ2v) is 9.56. The Balaban J connectivity index is 0.000000444. The average molecular weight is 516 g/mol. The van der Waals surface area contributed by atoms with E-state index in [-0.39, 0.29) is 23.6 Å². The zero-order valence-electron chi connectivity index (χ0n) is 20.7. The summed E-state index contributed by atoms with van der Waals surface area (Å²) >= 11 is 5.54. The predicted molar refractivity (Wildman–Crippen MR) is 140 cm³/mol. The number of ether oxygens (including phenoxy) is 1. The van der Waals surface area contributed by atoms with Crippen molar-refractivity contribution in [1.82, 2.24) is 14.8 Å². The van der Waals surface area contributed by atoms with Gasteiger partial charge in [0.15, 0.2) is 0 Å². The van der Waals surface area contributed by atoms with Crippen LogP contribution in [0.25, 0.3) is 0 Å². The van der Waals surface area contributed by atoms with Gasteiger partial charge in [0.25, 0.3) is 0 Å². The van der Waals surface area contributed by atoms with Crippen molar-refractivity contribution in [3.05, 3.63) is 83.2 Å². The summed E-state index contributed by atoms with van der Waals surface area (Å²) in [5.74, 6) is 1.26. The maximum absolute atomic E-state index is 12.9. The molecule has 2 aliphatic heterocycles. The highest BCUT2D eigenvalue weighted by Gasteiger charge is 2.33. The number of piperidine rings is 1. The summed E-state index contributed by atoms with van der Waals surface area (Å²) < 4.78 is 18.5. The third-order valence-electron chi connectivity index (χ3n) is 6.22. The molecule has 0 saturated carbocycles. The second kappa shape index (κ2) is 13.7. The Morgan fingerprint density at radius 1 is 1.08 bits per heavy atom. The van der Waals surface area contributed by atoms with E-state index in [1.54, 1.807) is 6.08 Å². The fourth-order valence-corrected chi connectivity index (χ4v) is 4.34. The molecule has 0 spiro atoms. The Labute approximate surface area is 217 Å². The van der Waals surface area contributed by atoms with E-state index in [1.807, 2.05) is 48.2 Å². The van der Waals surface area contributed by atoms with Crippen LogP contribution in [-0.2, 0) is 4.79 Å². The van der Waals surface area contributed by atoms with Crippen LogP contribution in [0.2, 0.25) is 5.02 Å². The Kier molecular flexibility index (Phi) is 10.4. The summed E-state index contributed by atoms with van der Waals surface area (Å²) in [6.45, 7) is 5.30. The van der Waals surface area contributed by atoms with Crippen LogP contribution in [0.1, 0.15) is 26.2 Å². The fraction of sp³-hybridized carbons (Fsp3) is 0.407. The topological polar surface area (TPSA) is 97.7 Å². The van der Waals surface area contributed by atoms with Crippen molar-refractivity contribution in [2.24, 2.45) is 23.3 Å². The van der Waals surface area contributed by atoms with Crippen molar-refractivity contribution >= 4 is 17.5 Å². The standard InChI is InChI=1S/C21H30FN5O2.C6H5Cl/c1-15(23)2-4-19(24)26-10-7-17(8-11-26)21(28)27-9-6-16(13-27)14-29-20-5-3-18(22)12-25-20;7-6-4-2-1-3-5-6/h2-5,12,16-17H,6-11,13-14,23-24H2,1H3;1-5H/b15-2-,19-4+;. The SMILES string of the molecule is C/C(N)=C/C=C(\N)N1CCC(C(=O)N2CCC(COc3ccc(F)cn3)C2)CC1.Clc1ccccc1. The molecule has 36 heavy (non-hydrogen) atoms. The van der Waals surface area contributed by atoms with E-state index < -0.39 is 0 Å². The molecular formula is C27H35ClFN5O2. The van der Waals surface area contributed by atoms with Gasteiger partial charge in [0.05, 0.1) is 18.6 Å². The van der Waals surface area contributed by atoms with Crippen LogP contribution in [0.3, 0.4) is 0 Å². The number of carbonyl (C=O) groups is 1. The van der Waals surface area contributed by atoms with E-state index in [1.165, 1.54) is 12.1 Å². The molecule has 194 valence electrons. The van der Waals surface area contributed by atoms with E-state index in [0.29, 0.717) is 30.5 Å². The number of hydrogen-bond donors (Lipinski definition) is 2. The molecule has 2 saturated heterocycles. The van der Waals surface area contributed by atoms with Gasteiger partial charge < -0.3 is 26.0 Å². The summed E-state index contributed by atoms with van der Waals surface area (Å²) in [5.41, 5.74) is 12.4. The van der Waals surface area contributed by atoms with Gasteiger partial charge in [-0.05, 0) is 56.5 Å². The van der Waals surface area contributed by atoms with Gasteiger partial charge in [-0.1, -0.05) is 29.8 Å². The third kappa shape index (κ3) is 8.75. The van der Waals surface area contributed by atoms with Crippen molar-refractivity contribution < 1.29 is 13.9 Å². The largest absolute Gasteiger partial charge is 0.477 e. The van der Waals surface area contributed by atoms with Gasteiger partial charge in [-0.15, -0.1) is 0 Å². The Hall–Kier alpha value is -3.26. The highest BCUT2D eigenvalue weighted by molar-refractivity contribution is 6.30. The molecule has 2 aliphatic rings. The number of allylic oxidation sites excluding steroid dienone is 3. The molecule has 1 amide bonds. The van der Waals surface area contributed by atoms with E-state index in [9.17, 15) is 9.18 Å². The lowest BCUT2D eigenvalue weighted by molar-refractivity contribution is -0.136. The number of pyridine rings is 1. The van der Waals surface area contributed by atoms with Crippen LogP contribution in [0, 0.1) is 17.7 Å². The number of likely N-dealkylation sites (tertiary alicyclic amines) is 2. The minimum absolute atomic E-state index is 0.0456. The van der Waals surface area contributed by atoms with E-state index in [0.717, 1.165) is 50.1 Å². The number of aromatic nitrogens is 1. The van der Waals surface area contributed by atoms with Crippen LogP contribution in [0.5, 0.6) is 5.88 Å². The first-order valence-corrected chi connectivity index (χ1v) is 12.6. The van der Waals surface area contributed by atoms with Crippen molar-refractivity contribution in [3.63, 3.8) is 0 Å². The first kappa shape index (κ1) is 27.3. The third-order valence-corrected chi connectivity index (χ3v) is 6.48. The van der Waals surface area contributed by atoms with Crippen LogP contribution < -0.4 is 16.2 Å². The number of benzene rings is 1. The normalized spacial score (nSPS) is 19.0. The molecule has 2 aromatic rings. The number of carbonyl (C=O) groups excluding carboxylic acids is 1. The predicted octanol–water partition coefficient (Wildman–Crippen LogP) is 4.16. The van der Waals surface area contributed by atoms with Gasteiger partial charge >= 0.3 is 0 Å². The van der Waals surface area contributed by atoms with Gasteiger partial charge in [0.1, 0.15) is 5.82 Å². The van der Waals surface area contributed by atoms with E-state index in [2.05, 4.69) is 9.88 Å². The first-order valence-electron chi connectivity index (χ1n) is 12.2. The number of amides is 1. The quantitative estimate of drug-likeness (QED) is 0.560. The molecule has 1 aromatic heterocycles. The molecule has 7 nitrogen and oxygen atoms in total. The summed E-state index contributed by atoms with van der Waals surface area (Å²) in [6, 6.07) is 12.3. The Morgan fingerprint density at radius 2 is 1.78 bits per heavy atom. The zero-order valence-corrected chi connectivity index (χ0v) is 21.4. The van der Waals surface area contributed by atoms with Gasteiger partial charge in [-0.25, -0.2) is 9.37 Å². The van der Waals surface area contributed by atoms with Crippen molar-refractivity contribution in [3.8, 4) is 5.88 Å². The lowest BCUT2D eigenvalue weighted by Crippen LogP contribution is -2.42. The fourth-order valence-electron chi connectivity index (χ4n) is 4.20. The lowest BCUT2D eigenvalue weighted by Gasteiger charge is -2.34. The van der Waals surface area contributed by atoms with Gasteiger partial charge in [0.2, 0.25) is 11.8 Å². The number of hydrogen-bond acceptors (Lipinski definition) is 6. The Morgan fingerprint density at radius 3 is 2.36 bits per heavy atom. The van der Waals surface area contributed by atoms with Crippen molar-refractivity contribution in [2.75, 3.05) is 32.8 Å². The second-order valence-electron chi connectivity index (χ2n) is 9.12. The van der Waals surface area contributed by atoms with Crippen LogP contribution in [-0.4, -0.2) is 53.5 Å². The molecule has 1 unspecified atom stereocenters. The van der Waals surface area contributed by atoms with Gasteiger partial charge in [-0.3, -0.25) is 4.79 Å². The number of halogens is 2. The molecule has 0 radical (unpaired) electrons. The van der Waals surface area contributed by atoms with Crippen LogP contribution in [0.15, 0.2) is 72.3 Å². The number of rotatable bonds is 6. The molecule has 0 aliphatic carbocycles. The van der Waals surface area contributed by atoms with Gasteiger partial charge in [-0.2, -0.15) is 0 Å². The zero-order chi connectivity index (χ0) is 25.9. The molecule has 3 heterocycles. The minimum Gasteiger partial charge on any atom is -0.477 e. The molecule has 0 bridgehead atoms. The van der Waals surface area contributed by atoms with Crippen LogP contribution >= 0.6 is 11.6 Å². The molecule has 4 N–H and O–H groups in total. The summed E-state index contributed by atoms with van der Waals surface area (Å²) in [6.07, 6.45) is 7.26. The number of nitrogens with two attached hydrogens (primary N) is 2. The Bertz CT molecular complexity index is 1020. The highest BCUT2D eigenvalue weighted by atomic mass is 35.5. The maximum atomic E-state index is 12.9. The first-order chi connectivity index (χ1) is 17.3. The molecule has 1 aromatic carbocycles. The average Bonchev–Trinajstić information content (AvgIpc) is 3.36. The molecule has 1 atom stereocenters. The van der Waals surface area contributed by atoms with Crippen molar-refractivity contribution in [2.45, 2.75) is 26.2 Å². The smallest absolute Gasteiger partial charge is 0.225 e. The minimum atomic E-state index is -0.385. The molecule has 9 heteroatoms. The van der Waals surface area contributed by atoms with Gasteiger partial charge in [0, 0.05) is 54.8 Å². The van der Waals surface area contributed by atoms with E-state index in [4.69, 9.17) is 27.8 Å².